The summed E-state index contributed by atoms with van der Waals surface area (Å²) in [6.07, 6.45) is 1.43. The molecule has 6 nitrogen and oxygen atoms in total. The van der Waals surface area contributed by atoms with Gasteiger partial charge in [0.25, 0.3) is 0 Å². The maximum absolute atomic E-state index is 12.6. The van der Waals surface area contributed by atoms with Crippen LogP contribution >= 0.6 is 11.6 Å². The summed E-state index contributed by atoms with van der Waals surface area (Å²) in [5, 5.41) is 6.35. The molecule has 1 heterocycles. The van der Waals surface area contributed by atoms with Gasteiger partial charge in [0.2, 0.25) is 11.8 Å². The molecule has 1 saturated heterocycles. The molecule has 2 aromatic rings. The Balaban J connectivity index is 1.46. The van der Waals surface area contributed by atoms with E-state index in [1.165, 1.54) is 0 Å². The number of benzene rings is 2. The van der Waals surface area contributed by atoms with Gasteiger partial charge >= 0.3 is 0 Å². The van der Waals surface area contributed by atoms with Crippen LogP contribution in [0.2, 0.25) is 5.02 Å². The van der Waals surface area contributed by atoms with E-state index in [0.29, 0.717) is 48.9 Å². The standard InChI is InChI=1S/C23H28ClN3O3/c1-15-10-16(2)12-19(11-15)25-22(28)14-27-8-6-17(7-9-27)23(29)26-18-4-5-21(30-3)20(24)13-18/h4-5,10-13,17H,6-9,14H2,1-3H3,(H,25,28)(H,26,29). The van der Waals surface area contributed by atoms with Crippen LogP contribution in [0, 0.1) is 19.8 Å². The molecule has 0 saturated carbocycles. The number of rotatable bonds is 6. The van der Waals surface area contributed by atoms with Crippen LogP contribution < -0.4 is 15.4 Å². The number of hydrogen-bond donors (Lipinski definition) is 2. The van der Waals surface area contributed by atoms with Gasteiger partial charge in [-0.3, -0.25) is 14.5 Å². The van der Waals surface area contributed by atoms with Crippen molar-refractivity contribution in [1.29, 1.82) is 0 Å². The molecule has 30 heavy (non-hydrogen) atoms. The monoisotopic (exact) mass is 429 g/mol. The van der Waals surface area contributed by atoms with Gasteiger partial charge in [-0.05, 0) is 81.2 Å². The van der Waals surface area contributed by atoms with Gasteiger partial charge in [0, 0.05) is 17.3 Å². The van der Waals surface area contributed by atoms with Crippen molar-refractivity contribution >= 4 is 34.8 Å². The van der Waals surface area contributed by atoms with Crippen LogP contribution in [0.3, 0.4) is 0 Å². The molecule has 0 aliphatic carbocycles. The fraction of sp³-hybridized carbons (Fsp3) is 0.391. The number of aryl methyl sites for hydroxylation is 2. The van der Waals surface area contributed by atoms with Crippen molar-refractivity contribution in [3.63, 3.8) is 0 Å². The molecule has 2 aromatic carbocycles. The molecule has 2 amide bonds. The van der Waals surface area contributed by atoms with Gasteiger partial charge in [-0.15, -0.1) is 0 Å². The normalized spacial score (nSPS) is 14.9. The molecule has 0 radical (unpaired) electrons. The molecule has 1 fully saturated rings. The molecule has 3 rings (SSSR count). The van der Waals surface area contributed by atoms with Crippen LogP contribution in [0.5, 0.6) is 5.75 Å². The van der Waals surface area contributed by atoms with E-state index < -0.39 is 0 Å². The van der Waals surface area contributed by atoms with Crippen LogP contribution in [0.1, 0.15) is 24.0 Å². The number of halogens is 1. The van der Waals surface area contributed by atoms with E-state index in [1.807, 2.05) is 26.0 Å². The number of ether oxygens (including phenoxy) is 1. The first-order valence-electron chi connectivity index (χ1n) is 10.1. The second-order valence-corrected chi connectivity index (χ2v) is 8.22. The van der Waals surface area contributed by atoms with E-state index in [2.05, 4.69) is 21.6 Å². The lowest BCUT2D eigenvalue weighted by molar-refractivity contribution is -0.121. The number of likely N-dealkylation sites (tertiary alicyclic amines) is 1. The summed E-state index contributed by atoms with van der Waals surface area (Å²) in [5.41, 5.74) is 3.72. The first kappa shape index (κ1) is 22.1. The molecule has 0 aromatic heterocycles. The molecule has 2 N–H and O–H groups in total. The van der Waals surface area contributed by atoms with Gasteiger partial charge in [-0.25, -0.2) is 0 Å². The summed E-state index contributed by atoms with van der Waals surface area (Å²) >= 11 is 6.12. The summed E-state index contributed by atoms with van der Waals surface area (Å²) in [7, 11) is 1.55. The molecule has 0 unspecified atom stereocenters. The lowest BCUT2D eigenvalue weighted by atomic mass is 9.95. The number of piperidine rings is 1. The lowest BCUT2D eigenvalue weighted by Gasteiger charge is -2.30. The second-order valence-electron chi connectivity index (χ2n) is 7.81. The van der Waals surface area contributed by atoms with Crippen molar-refractivity contribution in [2.75, 3.05) is 37.4 Å². The number of carbonyl (C=O) groups excluding carboxylic acids is 2. The van der Waals surface area contributed by atoms with E-state index in [9.17, 15) is 9.59 Å². The average Bonchev–Trinajstić information content (AvgIpc) is 2.67. The summed E-state index contributed by atoms with van der Waals surface area (Å²) in [6.45, 7) is 5.77. The number of nitrogens with one attached hydrogen (secondary N) is 2. The molecule has 1 aliphatic heterocycles. The summed E-state index contributed by atoms with van der Waals surface area (Å²) < 4.78 is 5.13. The van der Waals surface area contributed by atoms with Crippen molar-refractivity contribution in [1.82, 2.24) is 4.90 Å². The van der Waals surface area contributed by atoms with E-state index in [0.717, 1.165) is 16.8 Å². The van der Waals surface area contributed by atoms with E-state index in [1.54, 1.807) is 25.3 Å². The molecule has 0 spiro atoms. The van der Waals surface area contributed by atoms with Crippen molar-refractivity contribution in [2.45, 2.75) is 26.7 Å². The minimum atomic E-state index is -0.0791. The minimum absolute atomic E-state index is 0.0180. The van der Waals surface area contributed by atoms with Crippen LogP contribution in [0.4, 0.5) is 11.4 Å². The van der Waals surface area contributed by atoms with Gasteiger partial charge in [0.15, 0.2) is 0 Å². The topological polar surface area (TPSA) is 70.7 Å². The average molecular weight is 430 g/mol. The maximum atomic E-state index is 12.6. The molecule has 0 atom stereocenters. The van der Waals surface area contributed by atoms with Gasteiger partial charge in [0.05, 0.1) is 18.7 Å². The second kappa shape index (κ2) is 9.96. The van der Waals surface area contributed by atoms with Crippen molar-refractivity contribution in [3.8, 4) is 5.75 Å². The Morgan fingerprint density at radius 1 is 1.03 bits per heavy atom. The predicted octanol–water partition coefficient (Wildman–Crippen LogP) is 4.25. The zero-order valence-corrected chi connectivity index (χ0v) is 18.4. The van der Waals surface area contributed by atoms with Gasteiger partial charge < -0.3 is 15.4 Å². The Hall–Kier alpha value is -2.57. The molecule has 160 valence electrons. The van der Waals surface area contributed by atoms with Gasteiger partial charge in [-0.1, -0.05) is 17.7 Å². The lowest BCUT2D eigenvalue weighted by Crippen LogP contribution is -2.41. The highest BCUT2D eigenvalue weighted by molar-refractivity contribution is 6.32. The smallest absolute Gasteiger partial charge is 0.238 e. The van der Waals surface area contributed by atoms with Crippen molar-refractivity contribution in [2.24, 2.45) is 5.92 Å². The maximum Gasteiger partial charge on any atom is 0.238 e. The zero-order valence-electron chi connectivity index (χ0n) is 17.6. The third-order valence-electron chi connectivity index (χ3n) is 5.25. The van der Waals surface area contributed by atoms with Crippen LogP contribution in [-0.4, -0.2) is 43.5 Å². The molecule has 0 bridgehead atoms. The zero-order chi connectivity index (χ0) is 21.7. The Labute approximate surface area is 182 Å². The number of amides is 2. The number of hydrogen-bond acceptors (Lipinski definition) is 4. The van der Waals surface area contributed by atoms with Crippen molar-refractivity contribution in [3.05, 3.63) is 52.5 Å². The fourth-order valence-corrected chi connectivity index (χ4v) is 4.05. The first-order chi connectivity index (χ1) is 14.3. The fourth-order valence-electron chi connectivity index (χ4n) is 3.79. The van der Waals surface area contributed by atoms with Gasteiger partial charge in [0.1, 0.15) is 5.75 Å². The highest BCUT2D eigenvalue weighted by atomic mass is 35.5. The molecule has 7 heteroatoms. The van der Waals surface area contributed by atoms with E-state index >= 15 is 0 Å². The molecular weight excluding hydrogens is 402 g/mol. The highest BCUT2D eigenvalue weighted by Gasteiger charge is 2.26. The third kappa shape index (κ3) is 5.97. The summed E-state index contributed by atoms with van der Waals surface area (Å²) in [4.78, 5) is 27.1. The Kier molecular flexibility index (Phi) is 7.34. The SMILES string of the molecule is COc1ccc(NC(=O)C2CCN(CC(=O)Nc3cc(C)cc(C)c3)CC2)cc1Cl. The Morgan fingerprint density at radius 2 is 1.70 bits per heavy atom. The van der Waals surface area contributed by atoms with E-state index in [-0.39, 0.29) is 17.7 Å². The third-order valence-corrected chi connectivity index (χ3v) is 5.55. The number of nitrogens with zero attached hydrogens (tertiary/aromatic N) is 1. The number of methoxy groups -OCH3 is 1. The first-order valence-corrected chi connectivity index (χ1v) is 10.5. The number of carbonyl (C=O) groups is 2. The van der Waals surface area contributed by atoms with Crippen LogP contribution in [0.25, 0.3) is 0 Å². The summed E-state index contributed by atoms with van der Waals surface area (Å²) in [6, 6.07) is 11.2. The summed E-state index contributed by atoms with van der Waals surface area (Å²) in [5.74, 6) is 0.443. The number of anilines is 2. The van der Waals surface area contributed by atoms with Crippen LogP contribution in [0.15, 0.2) is 36.4 Å². The van der Waals surface area contributed by atoms with Crippen LogP contribution in [-0.2, 0) is 9.59 Å². The van der Waals surface area contributed by atoms with Gasteiger partial charge in [-0.2, -0.15) is 0 Å². The Morgan fingerprint density at radius 3 is 2.30 bits per heavy atom. The minimum Gasteiger partial charge on any atom is -0.495 e. The quantitative estimate of drug-likeness (QED) is 0.720. The van der Waals surface area contributed by atoms with E-state index in [4.69, 9.17) is 16.3 Å². The predicted molar refractivity (Wildman–Crippen MR) is 120 cm³/mol. The Bertz CT molecular complexity index is 904. The highest BCUT2D eigenvalue weighted by Crippen LogP contribution is 2.28. The molecule has 1 aliphatic rings. The molecular formula is C23H28ClN3O3. The van der Waals surface area contributed by atoms with Crippen molar-refractivity contribution < 1.29 is 14.3 Å². The largest absolute Gasteiger partial charge is 0.495 e.